The molecule has 2 bridgehead atoms. The van der Waals surface area contributed by atoms with Crippen LogP contribution >= 0.6 is 0 Å². The SMILES string of the molecule is COC(=O)[C@@H]1C[C@@H]2C=C[C@H]1C2=C(C)C. The fourth-order valence-electron chi connectivity index (χ4n) is 2.78. The van der Waals surface area contributed by atoms with E-state index in [0.29, 0.717) is 11.8 Å². The molecule has 0 spiro atoms. The van der Waals surface area contributed by atoms with Crippen LogP contribution in [0.3, 0.4) is 0 Å². The molecule has 76 valence electrons. The van der Waals surface area contributed by atoms with Crippen LogP contribution in [-0.4, -0.2) is 13.1 Å². The van der Waals surface area contributed by atoms with Crippen molar-refractivity contribution in [1.29, 1.82) is 0 Å². The van der Waals surface area contributed by atoms with Gasteiger partial charge in [0.2, 0.25) is 0 Å². The highest BCUT2D eigenvalue weighted by Gasteiger charge is 2.44. The molecule has 2 aliphatic rings. The van der Waals surface area contributed by atoms with Gasteiger partial charge in [-0.1, -0.05) is 23.3 Å². The molecule has 0 amide bonds. The van der Waals surface area contributed by atoms with E-state index >= 15 is 0 Å². The lowest BCUT2D eigenvalue weighted by atomic mass is 9.92. The Balaban J connectivity index is 2.28. The molecule has 1 fully saturated rings. The summed E-state index contributed by atoms with van der Waals surface area (Å²) in [6.45, 7) is 4.25. The van der Waals surface area contributed by atoms with Crippen LogP contribution in [0.2, 0.25) is 0 Å². The molecule has 0 aromatic rings. The van der Waals surface area contributed by atoms with Gasteiger partial charge in [0.25, 0.3) is 0 Å². The predicted octanol–water partition coefficient (Wildman–Crippen LogP) is 2.32. The fraction of sp³-hybridized carbons (Fsp3) is 0.583. The molecule has 0 N–H and O–H groups in total. The maximum Gasteiger partial charge on any atom is 0.309 e. The number of hydrogen-bond acceptors (Lipinski definition) is 2. The first kappa shape index (κ1) is 9.50. The number of allylic oxidation sites excluding steroid dienone is 4. The first-order chi connectivity index (χ1) is 6.65. The van der Waals surface area contributed by atoms with Crippen molar-refractivity contribution in [2.24, 2.45) is 17.8 Å². The van der Waals surface area contributed by atoms with Crippen molar-refractivity contribution in [1.82, 2.24) is 0 Å². The Morgan fingerprint density at radius 3 is 2.64 bits per heavy atom. The quantitative estimate of drug-likeness (QED) is 0.471. The van der Waals surface area contributed by atoms with Crippen molar-refractivity contribution in [3.63, 3.8) is 0 Å². The highest BCUT2D eigenvalue weighted by Crippen LogP contribution is 2.49. The number of methoxy groups -OCH3 is 1. The van der Waals surface area contributed by atoms with Gasteiger partial charge in [0.15, 0.2) is 0 Å². The zero-order chi connectivity index (χ0) is 10.3. The van der Waals surface area contributed by atoms with Gasteiger partial charge in [-0.25, -0.2) is 0 Å². The van der Waals surface area contributed by atoms with Crippen LogP contribution in [0.5, 0.6) is 0 Å². The number of esters is 1. The average Bonchev–Trinajstić information content (AvgIpc) is 2.72. The van der Waals surface area contributed by atoms with Crippen LogP contribution in [0.1, 0.15) is 20.3 Å². The number of ether oxygens (including phenoxy) is 1. The summed E-state index contributed by atoms with van der Waals surface area (Å²) in [4.78, 5) is 11.5. The average molecular weight is 192 g/mol. The van der Waals surface area contributed by atoms with Gasteiger partial charge in [0.05, 0.1) is 13.0 Å². The lowest BCUT2D eigenvalue weighted by molar-refractivity contribution is -0.146. The van der Waals surface area contributed by atoms with Gasteiger partial charge in [0.1, 0.15) is 0 Å². The summed E-state index contributed by atoms with van der Waals surface area (Å²) in [7, 11) is 1.47. The second-order valence-electron chi connectivity index (χ2n) is 4.34. The highest BCUT2D eigenvalue weighted by molar-refractivity contribution is 5.75. The minimum Gasteiger partial charge on any atom is -0.469 e. The molecule has 2 nitrogen and oxygen atoms in total. The largest absolute Gasteiger partial charge is 0.469 e. The monoisotopic (exact) mass is 192 g/mol. The molecule has 2 heteroatoms. The van der Waals surface area contributed by atoms with E-state index in [1.807, 2.05) is 0 Å². The van der Waals surface area contributed by atoms with Crippen molar-refractivity contribution in [2.75, 3.05) is 7.11 Å². The molecule has 2 rings (SSSR count). The molecule has 0 saturated heterocycles. The van der Waals surface area contributed by atoms with Gasteiger partial charge < -0.3 is 4.74 Å². The summed E-state index contributed by atoms with van der Waals surface area (Å²) in [5, 5.41) is 0. The second-order valence-corrected chi connectivity index (χ2v) is 4.34. The van der Waals surface area contributed by atoms with Crippen molar-refractivity contribution in [2.45, 2.75) is 20.3 Å². The Bertz CT molecular complexity index is 321. The summed E-state index contributed by atoms with van der Waals surface area (Å²) in [5.74, 6) is 0.826. The Labute approximate surface area is 84.6 Å². The first-order valence-electron chi connectivity index (χ1n) is 5.08. The van der Waals surface area contributed by atoms with E-state index < -0.39 is 0 Å². The normalized spacial score (nSPS) is 33.6. The Kier molecular flexibility index (Phi) is 2.22. The Morgan fingerprint density at radius 1 is 1.43 bits per heavy atom. The molecule has 0 aromatic carbocycles. The molecule has 0 unspecified atom stereocenters. The third-order valence-corrected chi connectivity index (χ3v) is 3.33. The minimum atomic E-state index is -0.0550. The second kappa shape index (κ2) is 3.26. The molecule has 0 heterocycles. The van der Waals surface area contributed by atoms with E-state index in [0.717, 1.165) is 6.42 Å². The summed E-state index contributed by atoms with van der Waals surface area (Å²) in [6, 6.07) is 0. The molecule has 0 aromatic heterocycles. The molecule has 3 atom stereocenters. The van der Waals surface area contributed by atoms with Crippen LogP contribution < -0.4 is 0 Å². The number of hydrogen-bond donors (Lipinski definition) is 0. The topological polar surface area (TPSA) is 26.3 Å². The predicted molar refractivity (Wildman–Crippen MR) is 54.6 cm³/mol. The van der Waals surface area contributed by atoms with Gasteiger partial charge in [-0.3, -0.25) is 4.79 Å². The fourth-order valence-corrected chi connectivity index (χ4v) is 2.78. The Hall–Kier alpha value is -1.05. The van der Waals surface area contributed by atoms with Crippen LogP contribution in [0.15, 0.2) is 23.3 Å². The van der Waals surface area contributed by atoms with E-state index in [1.54, 1.807) is 0 Å². The van der Waals surface area contributed by atoms with E-state index in [1.165, 1.54) is 18.3 Å². The Morgan fingerprint density at radius 2 is 2.14 bits per heavy atom. The van der Waals surface area contributed by atoms with Crippen LogP contribution in [-0.2, 0) is 9.53 Å². The van der Waals surface area contributed by atoms with Crippen LogP contribution in [0.4, 0.5) is 0 Å². The summed E-state index contributed by atoms with van der Waals surface area (Å²) in [6.07, 6.45) is 5.33. The van der Waals surface area contributed by atoms with E-state index in [4.69, 9.17) is 4.74 Å². The summed E-state index contributed by atoms with van der Waals surface area (Å²) >= 11 is 0. The lowest BCUT2D eigenvalue weighted by Crippen LogP contribution is -2.20. The maximum absolute atomic E-state index is 11.5. The third-order valence-electron chi connectivity index (χ3n) is 3.33. The molecule has 0 aliphatic heterocycles. The van der Waals surface area contributed by atoms with Gasteiger partial charge in [0, 0.05) is 5.92 Å². The molecular formula is C12H16O2. The van der Waals surface area contributed by atoms with Crippen LogP contribution in [0.25, 0.3) is 0 Å². The maximum atomic E-state index is 11.5. The van der Waals surface area contributed by atoms with Crippen molar-refractivity contribution < 1.29 is 9.53 Å². The number of carbonyl (C=O) groups excluding carboxylic acids is 1. The van der Waals surface area contributed by atoms with E-state index in [2.05, 4.69) is 26.0 Å². The molecule has 2 aliphatic carbocycles. The number of rotatable bonds is 1. The zero-order valence-corrected chi connectivity index (χ0v) is 8.91. The van der Waals surface area contributed by atoms with Crippen molar-refractivity contribution >= 4 is 5.97 Å². The number of carbonyl (C=O) groups is 1. The van der Waals surface area contributed by atoms with Crippen LogP contribution in [0, 0.1) is 17.8 Å². The first-order valence-corrected chi connectivity index (χ1v) is 5.08. The van der Waals surface area contributed by atoms with Gasteiger partial charge >= 0.3 is 5.97 Å². The summed E-state index contributed by atoms with van der Waals surface area (Å²) in [5.41, 5.74) is 2.80. The standard InChI is InChI=1S/C12H16O2/c1-7(2)11-8-4-5-9(11)10(6-8)12(13)14-3/h4-5,8-10H,6H2,1-3H3/t8-,9+,10+/m0/s1. The minimum absolute atomic E-state index is 0.0550. The molecule has 1 saturated carbocycles. The van der Waals surface area contributed by atoms with E-state index in [-0.39, 0.29) is 11.9 Å². The van der Waals surface area contributed by atoms with Crippen molar-refractivity contribution in [3.05, 3.63) is 23.3 Å². The third kappa shape index (κ3) is 1.21. The molecule has 0 radical (unpaired) electrons. The number of fused-ring (bicyclic) bond motifs is 2. The van der Waals surface area contributed by atoms with Crippen molar-refractivity contribution in [3.8, 4) is 0 Å². The molecule has 14 heavy (non-hydrogen) atoms. The summed E-state index contributed by atoms with van der Waals surface area (Å²) < 4.78 is 4.82. The molecular weight excluding hydrogens is 176 g/mol. The smallest absolute Gasteiger partial charge is 0.309 e. The lowest BCUT2D eigenvalue weighted by Gasteiger charge is -2.14. The highest BCUT2D eigenvalue weighted by atomic mass is 16.5. The van der Waals surface area contributed by atoms with Gasteiger partial charge in [-0.2, -0.15) is 0 Å². The van der Waals surface area contributed by atoms with Gasteiger partial charge in [-0.05, 0) is 26.2 Å². The zero-order valence-electron chi connectivity index (χ0n) is 8.91. The van der Waals surface area contributed by atoms with Gasteiger partial charge in [-0.15, -0.1) is 0 Å². The van der Waals surface area contributed by atoms with E-state index in [9.17, 15) is 4.79 Å².